The summed E-state index contributed by atoms with van der Waals surface area (Å²) in [4.78, 5) is 0. The van der Waals surface area contributed by atoms with Crippen molar-refractivity contribution < 1.29 is 0 Å². The van der Waals surface area contributed by atoms with Crippen LogP contribution in [0.1, 0.15) is 45.4 Å². The van der Waals surface area contributed by atoms with Crippen molar-refractivity contribution in [3.05, 3.63) is 83.5 Å². The Morgan fingerprint density at radius 3 is 1.76 bits per heavy atom. The van der Waals surface area contributed by atoms with Crippen LogP contribution in [0.5, 0.6) is 0 Å². The van der Waals surface area contributed by atoms with Crippen LogP contribution >= 0.6 is 0 Å². The molecular formula is C24H32Sn. The van der Waals surface area contributed by atoms with E-state index in [0.29, 0.717) is 0 Å². The monoisotopic (exact) mass is 440 g/mol. The fourth-order valence-corrected chi connectivity index (χ4v) is 17.0. The molecule has 0 spiro atoms. The molecule has 0 radical (unpaired) electrons. The number of unbranched alkanes of at least 4 members (excludes halogenated alkanes) is 5. The molecule has 0 atom stereocenters. The summed E-state index contributed by atoms with van der Waals surface area (Å²) in [5.74, 6) is 0. The second kappa shape index (κ2) is 10.7. The molecule has 0 nitrogen and oxygen atoms in total. The zero-order valence-corrected chi connectivity index (χ0v) is 18.6. The number of hydrogen-bond donors (Lipinski definition) is 0. The predicted octanol–water partition coefficient (Wildman–Crippen LogP) is 5.89. The summed E-state index contributed by atoms with van der Waals surface area (Å²) in [7, 11) is 0. The summed E-state index contributed by atoms with van der Waals surface area (Å²) in [5, 5.41) is 0. The quantitative estimate of drug-likeness (QED) is 0.233. The SMILES string of the molecule is C=C[C](=C)[Sn]([CH2]CCCCCCC)([c]1ccccc1)[c]1ccccc1. The Labute approximate surface area is 158 Å². The third-order valence-electron chi connectivity index (χ3n) is 5.23. The van der Waals surface area contributed by atoms with Gasteiger partial charge in [0.1, 0.15) is 0 Å². The summed E-state index contributed by atoms with van der Waals surface area (Å²) in [6.07, 6.45) is 10.1. The molecule has 0 amide bonds. The van der Waals surface area contributed by atoms with E-state index in [-0.39, 0.29) is 0 Å². The molecule has 2 aromatic rings. The zero-order chi connectivity index (χ0) is 18.0. The topological polar surface area (TPSA) is 0 Å². The number of benzene rings is 2. The van der Waals surface area contributed by atoms with Crippen LogP contribution in [0.3, 0.4) is 0 Å². The summed E-state index contributed by atoms with van der Waals surface area (Å²) >= 11 is -2.98. The van der Waals surface area contributed by atoms with Gasteiger partial charge < -0.3 is 0 Å². The molecule has 1 heteroatoms. The summed E-state index contributed by atoms with van der Waals surface area (Å²) in [5.41, 5.74) is 0. The summed E-state index contributed by atoms with van der Waals surface area (Å²) in [6.45, 7) is 10.9. The molecule has 2 rings (SSSR count). The van der Waals surface area contributed by atoms with E-state index in [1.54, 1.807) is 0 Å². The van der Waals surface area contributed by atoms with Crippen LogP contribution in [0.4, 0.5) is 0 Å². The molecule has 0 aliphatic heterocycles. The fourth-order valence-electron chi connectivity index (χ4n) is 3.78. The third kappa shape index (κ3) is 5.10. The fraction of sp³-hybridized carbons (Fsp3) is 0.333. The molecule has 0 bridgehead atoms. The van der Waals surface area contributed by atoms with Crippen LogP contribution < -0.4 is 7.16 Å². The van der Waals surface area contributed by atoms with E-state index in [1.807, 2.05) is 6.08 Å². The second-order valence-corrected chi connectivity index (χ2v) is 18.6. The Morgan fingerprint density at radius 1 is 0.800 bits per heavy atom. The first-order chi connectivity index (χ1) is 12.3. The van der Waals surface area contributed by atoms with Crippen LogP contribution in [0.25, 0.3) is 0 Å². The Balaban J connectivity index is 2.32. The standard InChI is InChI=1S/C8H17.2C6H5.C4H5.Sn/c1-3-5-7-8-6-4-2;2*1-2-4-6-5-3-1;1-3-4-2;/h1,3-8H2,2H3;2*1-5H;3H,1-2H2;. The van der Waals surface area contributed by atoms with Gasteiger partial charge in [-0.3, -0.25) is 0 Å². The van der Waals surface area contributed by atoms with Crippen molar-refractivity contribution >= 4 is 25.5 Å². The van der Waals surface area contributed by atoms with Crippen molar-refractivity contribution in [2.24, 2.45) is 0 Å². The minimum absolute atomic E-state index is 1.29. The van der Waals surface area contributed by atoms with Gasteiger partial charge in [0.05, 0.1) is 0 Å². The van der Waals surface area contributed by atoms with E-state index in [2.05, 4.69) is 80.7 Å². The minimum atomic E-state index is -2.98. The Kier molecular flexibility index (Phi) is 8.54. The van der Waals surface area contributed by atoms with Gasteiger partial charge in [-0.1, -0.05) is 0 Å². The molecule has 132 valence electrons. The van der Waals surface area contributed by atoms with Crippen LogP contribution in [0.2, 0.25) is 4.44 Å². The molecule has 0 aromatic heterocycles. The maximum atomic E-state index is 4.50. The van der Waals surface area contributed by atoms with E-state index in [4.69, 9.17) is 0 Å². The zero-order valence-electron chi connectivity index (χ0n) is 15.7. The van der Waals surface area contributed by atoms with Gasteiger partial charge in [-0.05, 0) is 0 Å². The predicted molar refractivity (Wildman–Crippen MR) is 115 cm³/mol. The third-order valence-corrected chi connectivity index (χ3v) is 19.6. The van der Waals surface area contributed by atoms with Crippen LogP contribution in [-0.2, 0) is 0 Å². The van der Waals surface area contributed by atoms with E-state index in [9.17, 15) is 0 Å². The molecule has 0 saturated carbocycles. The van der Waals surface area contributed by atoms with Gasteiger partial charge in [0.15, 0.2) is 0 Å². The van der Waals surface area contributed by atoms with Crippen LogP contribution in [0.15, 0.2) is 83.5 Å². The summed E-state index contributed by atoms with van der Waals surface area (Å²) < 4.78 is 5.66. The van der Waals surface area contributed by atoms with Crippen molar-refractivity contribution in [1.29, 1.82) is 0 Å². The maximum absolute atomic E-state index is 4.50. The molecule has 2 aromatic carbocycles. The number of hydrogen-bond acceptors (Lipinski definition) is 0. The molecule has 0 saturated heterocycles. The van der Waals surface area contributed by atoms with Crippen molar-refractivity contribution in [1.82, 2.24) is 0 Å². The van der Waals surface area contributed by atoms with Crippen molar-refractivity contribution in [2.45, 2.75) is 49.9 Å². The van der Waals surface area contributed by atoms with E-state index in [1.165, 1.54) is 53.7 Å². The first-order valence-corrected chi connectivity index (χ1v) is 16.0. The first kappa shape index (κ1) is 20.0. The van der Waals surface area contributed by atoms with Crippen molar-refractivity contribution in [3.63, 3.8) is 0 Å². The molecule has 0 aliphatic rings. The van der Waals surface area contributed by atoms with Gasteiger partial charge in [0.2, 0.25) is 0 Å². The van der Waals surface area contributed by atoms with Crippen LogP contribution in [0, 0.1) is 0 Å². The summed E-state index contributed by atoms with van der Waals surface area (Å²) in [6, 6.07) is 22.3. The molecule has 0 fully saturated rings. The van der Waals surface area contributed by atoms with Crippen molar-refractivity contribution in [2.75, 3.05) is 0 Å². The van der Waals surface area contributed by atoms with Gasteiger partial charge in [-0.15, -0.1) is 0 Å². The van der Waals surface area contributed by atoms with Crippen LogP contribution in [-0.4, -0.2) is 18.4 Å². The van der Waals surface area contributed by atoms with Gasteiger partial charge in [0, 0.05) is 0 Å². The number of allylic oxidation sites excluding steroid dienone is 2. The molecule has 0 unspecified atom stereocenters. The van der Waals surface area contributed by atoms with Gasteiger partial charge in [-0.2, -0.15) is 0 Å². The molecule has 0 aliphatic carbocycles. The van der Waals surface area contributed by atoms with E-state index < -0.39 is 18.4 Å². The molecular weight excluding hydrogens is 407 g/mol. The second-order valence-electron chi connectivity index (χ2n) is 6.88. The molecule has 0 N–H and O–H groups in total. The molecule has 25 heavy (non-hydrogen) atoms. The first-order valence-electron chi connectivity index (χ1n) is 9.68. The van der Waals surface area contributed by atoms with E-state index >= 15 is 0 Å². The van der Waals surface area contributed by atoms with Gasteiger partial charge >= 0.3 is 159 Å². The average molecular weight is 439 g/mol. The average Bonchev–Trinajstić information content (AvgIpc) is 2.68. The van der Waals surface area contributed by atoms with E-state index in [0.717, 1.165) is 0 Å². The molecule has 0 heterocycles. The Morgan fingerprint density at radius 2 is 1.28 bits per heavy atom. The van der Waals surface area contributed by atoms with Gasteiger partial charge in [0.25, 0.3) is 0 Å². The Bertz CT molecular complexity index is 603. The number of rotatable bonds is 11. The van der Waals surface area contributed by atoms with Gasteiger partial charge in [-0.25, -0.2) is 0 Å². The van der Waals surface area contributed by atoms with Crippen molar-refractivity contribution in [3.8, 4) is 0 Å². The Hall–Kier alpha value is -1.28. The normalized spacial score (nSPS) is 11.2.